The van der Waals surface area contributed by atoms with Crippen molar-refractivity contribution in [3.63, 3.8) is 0 Å². The molecule has 0 heterocycles. The van der Waals surface area contributed by atoms with Gasteiger partial charge in [0.2, 0.25) is 0 Å². The van der Waals surface area contributed by atoms with Gasteiger partial charge in [-0.1, -0.05) is 25.8 Å². The Morgan fingerprint density at radius 1 is 1.33 bits per heavy atom. The van der Waals surface area contributed by atoms with Crippen LogP contribution in [0.15, 0.2) is 18.2 Å². The van der Waals surface area contributed by atoms with Crippen LogP contribution in [0.2, 0.25) is 0 Å². The standard InChI is InChI=1S/C16H23FO/c1-12-4-3-8-16(18,9-7-12)11-14-10-15(17)6-5-13(14)2/h5-6,10,12,18H,3-4,7-9,11H2,1-2H3. The van der Waals surface area contributed by atoms with Gasteiger partial charge in [0, 0.05) is 6.42 Å². The summed E-state index contributed by atoms with van der Waals surface area (Å²) in [5, 5.41) is 10.7. The van der Waals surface area contributed by atoms with Crippen LogP contribution >= 0.6 is 0 Å². The molecular formula is C16H23FO. The van der Waals surface area contributed by atoms with Crippen LogP contribution in [0.4, 0.5) is 4.39 Å². The van der Waals surface area contributed by atoms with Gasteiger partial charge in [0.05, 0.1) is 5.60 Å². The van der Waals surface area contributed by atoms with Crippen molar-refractivity contribution in [2.75, 3.05) is 0 Å². The summed E-state index contributed by atoms with van der Waals surface area (Å²) in [5.41, 5.74) is 1.39. The minimum absolute atomic E-state index is 0.207. The van der Waals surface area contributed by atoms with Crippen LogP contribution in [0.1, 0.15) is 50.2 Å². The first-order chi connectivity index (χ1) is 8.48. The molecule has 1 saturated carbocycles. The fourth-order valence-electron chi connectivity index (χ4n) is 2.93. The summed E-state index contributed by atoms with van der Waals surface area (Å²) in [6.07, 6.45) is 5.61. The Labute approximate surface area is 109 Å². The molecule has 0 bridgehead atoms. The van der Waals surface area contributed by atoms with Crippen LogP contribution in [0, 0.1) is 18.7 Å². The van der Waals surface area contributed by atoms with E-state index in [4.69, 9.17) is 0 Å². The third kappa shape index (κ3) is 3.32. The first-order valence-electron chi connectivity index (χ1n) is 6.96. The monoisotopic (exact) mass is 250 g/mol. The molecule has 1 aromatic rings. The van der Waals surface area contributed by atoms with Gasteiger partial charge in [0.15, 0.2) is 0 Å². The molecule has 1 aliphatic carbocycles. The summed E-state index contributed by atoms with van der Waals surface area (Å²) >= 11 is 0. The molecule has 1 aromatic carbocycles. The highest BCUT2D eigenvalue weighted by Crippen LogP contribution is 2.33. The van der Waals surface area contributed by atoms with E-state index >= 15 is 0 Å². The van der Waals surface area contributed by atoms with E-state index in [1.54, 1.807) is 12.1 Å². The second kappa shape index (κ2) is 5.40. The lowest BCUT2D eigenvalue weighted by molar-refractivity contribution is 0.0242. The Morgan fingerprint density at radius 2 is 2.11 bits per heavy atom. The summed E-state index contributed by atoms with van der Waals surface area (Å²) in [6, 6.07) is 4.85. The Morgan fingerprint density at radius 3 is 2.89 bits per heavy atom. The minimum atomic E-state index is -0.636. The van der Waals surface area contributed by atoms with Crippen molar-refractivity contribution in [2.45, 2.75) is 58.0 Å². The second-order valence-corrected chi connectivity index (χ2v) is 6.01. The summed E-state index contributed by atoms with van der Waals surface area (Å²) in [5.74, 6) is 0.494. The number of benzene rings is 1. The van der Waals surface area contributed by atoms with E-state index in [0.29, 0.717) is 12.3 Å². The smallest absolute Gasteiger partial charge is 0.123 e. The first kappa shape index (κ1) is 13.5. The molecule has 1 nitrogen and oxygen atoms in total. The molecule has 2 atom stereocenters. The van der Waals surface area contributed by atoms with E-state index < -0.39 is 5.60 Å². The van der Waals surface area contributed by atoms with Crippen molar-refractivity contribution in [1.82, 2.24) is 0 Å². The number of hydrogen-bond acceptors (Lipinski definition) is 1. The fraction of sp³-hybridized carbons (Fsp3) is 0.625. The van der Waals surface area contributed by atoms with Crippen LogP contribution in [0.25, 0.3) is 0 Å². The molecule has 100 valence electrons. The Kier molecular flexibility index (Phi) is 4.06. The summed E-state index contributed by atoms with van der Waals surface area (Å²) in [6.45, 7) is 4.23. The van der Waals surface area contributed by atoms with Crippen LogP contribution in [0.5, 0.6) is 0 Å². The molecular weight excluding hydrogens is 227 g/mol. The molecule has 1 fully saturated rings. The maximum atomic E-state index is 13.3. The molecule has 2 heteroatoms. The molecule has 2 rings (SSSR count). The molecule has 0 amide bonds. The van der Waals surface area contributed by atoms with Crippen LogP contribution in [-0.4, -0.2) is 10.7 Å². The SMILES string of the molecule is Cc1ccc(F)cc1CC1(O)CCCC(C)CC1. The van der Waals surface area contributed by atoms with E-state index in [1.165, 1.54) is 12.5 Å². The van der Waals surface area contributed by atoms with Gasteiger partial charge in [-0.3, -0.25) is 0 Å². The van der Waals surface area contributed by atoms with Crippen molar-refractivity contribution in [3.8, 4) is 0 Å². The van der Waals surface area contributed by atoms with Crippen molar-refractivity contribution in [3.05, 3.63) is 35.1 Å². The first-order valence-corrected chi connectivity index (χ1v) is 6.96. The normalized spacial score (nSPS) is 29.0. The Bertz CT molecular complexity index is 416. The summed E-state index contributed by atoms with van der Waals surface area (Å²) in [7, 11) is 0. The van der Waals surface area contributed by atoms with Gasteiger partial charge in [0.25, 0.3) is 0 Å². The molecule has 0 spiro atoms. The molecule has 0 aliphatic heterocycles. The molecule has 1 aliphatic rings. The third-order valence-corrected chi connectivity index (χ3v) is 4.27. The third-order valence-electron chi connectivity index (χ3n) is 4.27. The van der Waals surface area contributed by atoms with Gasteiger partial charge >= 0.3 is 0 Å². The van der Waals surface area contributed by atoms with Crippen molar-refractivity contribution < 1.29 is 9.50 Å². The average molecular weight is 250 g/mol. The molecule has 0 radical (unpaired) electrons. The van der Waals surface area contributed by atoms with Gasteiger partial charge < -0.3 is 5.11 Å². The average Bonchev–Trinajstić information content (AvgIpc) is 2.47. The predicted molar refractivity (Wildman–Crippen MR) is 72.0 cm³/mol. The number of aryl methyl sites for hydroxylation is 1. The molecule has 0 aromatic heterocycles. The van der Waals surface area contributed by atoms with E-state index in [9.17, 15) is 9.50 Å². The number of aliphatic hydroxyl groups is 1. The minimum Gasteiger partial charge on any atom is -0.390 e. The Hall–Kier alpha value is -0.890. The van der Waals surface area contributed by atoms with Crippen LogP contribution in [0.3, 0.4) is 0 Å². The van der Waals surface area contributed by atoms with Gasteiger partial charge in [-0.25, -0.2) is 4.39 Å². The van der Waals surface area contributed by atoms with Gasteiger partial charge in [-0.2, -0.15) is 0 Å². The maximum Gasteiger partial charge on any atom is 0.123 e. The van der Waals surface area contributed by atoms with Crippen molar-refractivity contribution in [1.29, 1.82) is 0 Å². The molecule has 2 unspecified atom stereocenters. The van der Waals surface area contributed by atoms with Gasteiger partial charge in [-0.05, 0) is 55.4 Å². The van der Waals surface area contributed by atoms with Gasteiger partial charge in [-0.15, -0.1) is 0 Å². The molecule has 18 heavy (non-hydrogen) atoms. The lowest BCUT2D eigenvalue weighted by Gasteiger charge is -2.27. The van der Waals surface area contributed by atoms with E-state index in [1.807, 2.05) is 6.92 Å². The highest BCUT2D eigenvalue weighted by molar-refractivity contribution is 5.28. The number of rotatable bonds is 2. The maximum absolute atomic E-state index is 13.3. The number of halogens is 1. The zero-order valence-electron chi connectivity index (χ0n) is 11.4. The van der Waals surface area contributed by atoms with E-state index in [0.717, 1.165) is 36.8 Å². The quantitative estimate of drug-likeness (QED) is 0.786. The lowest BCUT2D eigenvalue weighted by Crippen LogP contribution is -2.31. The van der Waals surface area contributed by atoms with Gasteiger partial charge in [0.1, 0.15) is 5.82 Å². The van der Waals surface area contributed by atoms with Crippen LogP contribution in [-0.2, 0) is 6.42 Å². The fourth-order valence-corrected chi connectivity index (χ4v) is 2.93. The van der Waals surface area contributed by atoms with E-state index in [2.05, 4.69) is 6.92 Å². The summed E-state index contributed by atoms with van der Waals surface area (Å²) < 4.78 is 13.3. The highest BCUT2D eigenvalue weighted by Gasteiger charge is 2.30. The zero-order chi connectivity index (χ0) is 13.2. The highest BCUT2D eigenvalue weighted by atomic mass is 19.1. The van der Waals surface area contributed by atoms with Crippen molar-refractivity contribution in [2.24, 2.45) is 5.92 Å². The second-order valence-electron chi connectivity index (χ2n) is 6.01. The molecule has 1 N–H and O–H groups in total. The topological polar surface area (TPSA) is 20.2 Å². The zero-order valence-corrected chi connectivity index (χ0v) is 11.4. The van der Waals surface area contributed by atoms with Crippen molar-refractivity contribution >= 4 is 0 Å². The lowest BCUT2D eigenvalue weighted by atomic mass is 9.86. The molecule has 0 saturated heterocycles. The van der Waals surface area contributed by atoms with Crippen LogP contribution < -0.4 is 0 Å². The predicted octanol–water partition coefficient (Wildman–Crippen LogP) is 4.01. The Balaban J connectivity index is 2.13. The summed E-state index contributed by atoms with van der Waals surface area (Å²) in [4.78, 5) is 0. The number of hydrogen-bond donors (Lipinski definition) is 1. The van der Waals surface area contributed by atoms with E-state index in [-0.39, 0.29) is 5.82 Å². The largest absolute Gasteiger partial charge is 0.390 e.